The summed E-state index contributed by atoms with van der Waals surface area (Å²) in [7, 11) is 0. The van der Waals surface area contributed by atoms with Gasteiger partial charge in [-0.2, -0.15) is 0 Å². The van der Waals surface area contributed by atoms with E-state index in [1.807, 2.05) is 30.3 Å². The van der Waals surface area contributed by atoms with E-state index in [1.54, 1.807) is 17.0 Å². The van der Waals surface area contributed by atoms with Gasteiger partial charge in [-0.25, -0.2) is 0 Å². The molecule has 0 aliphatic carbocycles. The maximum absolute atomic E-state index is 12.7. The van der Waals surface area contributed by atoms with Gasteiger partial charge in [-0.1, -0.05) is 30.2 Å². The first-order valence-electron chi connectivity index (χ1n) is 11.1. The zero-order chi connectivity index (χ0) is 22.8. The summed E-state index contributed by atoms with van der Waals surface area (Å²) in [4.78, 5) is 26.6. The quantitative estimate of drug-likeness (QED) is 0.613. The maximum Gasteiger partial charge on any atom is 0.265 e. The van der Waals surface area contributed by atoms with Crippen molar-refractivity contribution in [2.75, 3.05) is 23.4 Å². The van der Waals surface area contributed by atoms with E-state index in [0.29, 0.717) is 22.1 Å². The highest BCUT2D eigenvalue weighted by atomic mass is 35.5. The van der Waals surface area contributed by atoms with E-state index in [2.05, 4.69) is 20.1 Å². The minimum atomic E-state index is -0.194. The molecule has 0 saturated heterocycles. The van der Waals surface area contributed by atoms with Crippen LogP contribution in [0.3, 0.4) is 0 Å². The van der Waals surface area contributed by atoms with Crippen LogP contribution in [0.1, 0.15) is 31.5 Å². The van der Waals surface area contributed by atoms with Crippen LogP contribution in [-0.4, -0.2) is 39.7 Å². The molecule has 0 fully saturated rings. The summed E-state index contributed by atoms with van der Waals surface area (Å²) in [5.41, 5.74) is 2.05. The molecule has 0 bridgehead atoms. The molecule has 2 amide bonds. The number of benzene rings is 2. The Kier molecular flexibility index (Phi) is 6.00. The van der Waals surface area contributed by atoms with Crippen LogP contribution in [0.15, 0.2) is 42.5 Å². The number of para-hydroxylation sites is 2. The van der Waals surface area contributed by atoms with Gasteiger partial charge in [-0.3, -0.25) is 9.59 Å². The molecule has 8 nitrogen and oxygen atoms in total. The fourth-order valence-corrected chi connectivity index (χ4v) is 4.50. The Hall–Kier alpha value is -3.39. The van der Waals surface area contributed by atoms with Crippen LogP contribution >= 0.6 is 11.6 Å². The topological polar surface area (TPSA) is 89.3 Å². The van der Waals surface area contributed by atoms with Crippen molar-refractivity contribution in [2.24, 2.45) is 0 Å². The Morgan fingerprint density at radius 3 is 2.91 bits per heavy atom. The van der Waals surface area contributed by atoms with Crippen molar-refractivity contribution >= 4 is 34.8 Å². The zero-order valence-corrected chi connectivity index (χ0v) is 18.8. The average Bonchev–Trinajstić information content (AvgIpc) is 3.07. The summed E-state index contributed by atoms with van der Waals surface area (Å²) >= 11 is 6.48. The molecule has 9 heteroatoms. The number of rotatable bonds is 5. The molecule has 0 spiro atoms. The van der Waals surface area contributed by atoms with E-state index in [9.17, 15) is 9.59 Å². The van der Waals surface area contributed by atoms with Gasteiger partial charge in [-0.05, 0) is 43.2 Å². The molecule has 2 aromatic carbocycles. The van der Waals surface area contributed by atoms with Gasteiger partial charge in [0.2, 0.25) is 5.91 Å². The van der Waals surface area contributed by atoms with Gasteiger partial charge >= 0.3 is 0 Å². The lowest BCUT2D eigenvalue weighted by Gasteiger charge is -2.29. The number of fused-ring (bicyclic) bond motifs is 2. The first kappa shape index (κ1) is 21.5. The normalized spacial score (nSPS) is 15.3. The van der Waals surface area contributed by atoms with Crippen molar-refractivity contribution in [1.82, 2.24) is 14.8 Å². The van der Waals surface area contributed by atoms with E-state index in [-0.39, 0.29) is 31.4 Å². The summed E-state index contributed by atoms with van der Waals surface area (Å²) < 4.78 is 7.58. The summed E-state index contributed by atoms with van der Waals surface area (Å²) in [5, 5.41) is 12.2. The number of anilines is 2. The third-order valence-electron chi connectivity index (χ3n) is 5.97. The average molecular weight is 466 g/mol. The Morgan fingerprint density at radius 2 is 2.00 bits per heavy atom. The van der Waals surface area contributed by atoms with Gasteiger partial charge in [0.05, 0.1) is 10.7 Å². The number of carbonyl (C=O) groups is 2. The molecule has 33 heavy (non-hydrogen) atoms. The number of amides is 2. The van der Waals surface area contributed by atoms with Crippen molar-refractivity contribution in [3.8, 4) is 17.1 Å². The van der Waals surface area contributed by atoms with E-state index < -0.39 is 0 Å². The summed E-state index contributed by atoms with van der Waals surface area (Å²) in [5.74, 6) is 1.99. The predicted molar refractivity (Wildman–Crippen MR) is 126 cm³/mol. The maximum atomic E-state index is 12.7. The van der Waals surface area contributed by atoms with Crippen LogP contribution in [-0.2, 0) is 22.6 Å². The third-order valence-corrected chi connectivity index (χ3v) is 6.30. The molecule has 170 valence electrons. The zero-order valence-electron chi connectivity index (χ0n) is 18.1. The Bertz CT molecular complexity index is 1210. The van der Waals surface area contributed by atoms with Crippen molar-refractivity contribution in [3.05, 3.63) is 53.3 Å². The Balaban J connectivity index is 1.29. The van der Waals surface area contributed by atoms with Gasteiger partial charge < -0.3 is 19.5 Å². The predicted octanol–water partition coefficient (Wildman–Crippen LogP) is 4.08. The van der Waals surface area contributed by atoms with Gasteiger partial charge in [0.15, 0.2) is 12.4 Å². The third kappa shape index (κ3) is 4.43. The molecular formula is C24H24ClN5O3. The second kappa shape index (κ2) is 9.23. The van der Waals surface area contributed by atoms with Gasteiger partial charge in [0.25, 0.3) is 5.91 Å². The Labute approximate surface area is 196 Å². The Morgan fingerprint density at radius 1 is 1.12 bits per heavy atom. The van der Waals surface area contributed by atoms with Crippen molar-refractivity contribution in [3.63, 3.8) is 0 Å². The molecule has 0 unspecified atom stereocenters. The second-order valence-corrected chi connectivity index (χ2v) is 8.60. The van der Waals surface area contributed by atoms with E-state index in [4.69, 9.17) is 16.3 Å². The number of aryl methyl sites for hydroxylation is 1. The lowest BCUT2D eigenvalue weighted by molar-refractivity contribution is -0.121. The molecule has 1 N–H and O–H groups in total. The summed E-state index contributed by atoms with van der Waals surface area (Å²) in [6.07, 6.45) is 4.42. The highest BCUT2D eigenvalue weighted by Gasteiger charge is 2.25. The van der Waals surface area contributed by atoms with Crippen LogP contribution in [0.25, 0.3) is 11.4 Å². The standard InChI is InChI=1S/C24H24ClN5O3/c25-18-10-9-16(14-17(18)24-28-27-21-8-2-1-5-12-30(21)24)26-22(31)11-13-29-19-6-3-4-7-20(19)33-15-23(29)32/h3-4,6-7,9-10,14H,1-2,5,8,11-13,15H2,(H,26,31). The van der Waals surface area contributed by atoms with Gasteiger partial charge in [0, 0.05) is 37.2 Å². The number of aromatic nitrogens is 3. The molecule has 2 aliphatic heterocycles. The van der Waals surface area contributed by atoms with Crippen molar-refractivity contribution in [2.45, 2.75) is 38.6 Å². The monoisotopic (exact) mass is 465 g/mol. The van der Waals surface area contributed by atoms with E-state index >= 15 is 0 Å². The molecule has 0 saturated carbocycles. The highest BCUT2D eigenvalue weighted by molar-refractivity contribution is 6.33. The minimum absolute atomic E-state index is 0.0259. The molecule has 3 aromatic rings. The van der Waals surface area contributed by atoms with Crippen molar-refractivity contribution < 1.29 is 14.3 Å². The number of hydrogen-bond donors (Lipinski definition) is 1. The molecule has 1 aromatic heterocycles. The largest absolute Gasteiger partial charge is 0.482 e. The van der Waals surface area contributed by atoms with Crippen LogP contribution in [0, 0.1) is 0 Å². The molecule has 0 radical (unpaired) electrons. The van der Waals surface area contributed by atoms with Crippen LogP contribution in [0.2, 0.25) is 5.02 Å². The van der Waals surface area contributed by atoms with Gasteiger partial charge in [-0.15, -0.1) is 10.2 Å². The number of hydrogen-bond acceptors (Lipinski definition) is 5. The van der Waals surface area contributed by atoms with E-state index in [1.165, 1.54) is 6.42 Å². The van der Waals surface area contributed by atoms with Crippen molar-refractivity contribution in [1.29, 1.82) is 0 Å². The number of halogens is 1. The number of carbonyl (C=O) groups excluding carboxylic acids is 2. The van der Waals surface area contributed by atoms with Crippen LogP contribution in [0.5, 0.6) is 5.75 Å². The molecule has 0 atom stereocenters. The second-order valence-electron chi connectivity index (χ2n) is 8.20. The molecular weight excluding hydrogens is 442 g/mol. The number of nitrogens with one attached hydrogen (secondary N) is 1. The number of ether oxygens (including phenoxy) is 1. The first-order chi connectivity index (χ1) is 16.1. The van der Waals surface area contributed by atoms with Crippen LogP contribution < -0.4 is 15.0 Å². The fourth-order valence-electron chi connectivity index (χ4n) is 4.29. The molecule has 2 aliphatic rings. The summed E-state index contributed by atoms with van der Waals surface area (Å²) in [6, 6.07) is 12.7. The fraction of sp³-hybridized carbons (Fsp3) is 0.333. The number of nitrogens with zero attached hydrogens (tertiary/aromatic N) is 4. The SMILES string of the molecule is O=C(CCN1C(=O)COc2ccccc21)Nc1ccc(Cl)c(-c2nnc3n2CCCCC3)c1. The smallest absolute Gasteiger partial charge is 0.265 e. The lowest BCUT2D eigenvalue weighted by Crippen LogP contribution is -2.40. The first-order valence-corrected chi connectivity index (χ1v) is 11.5. The highest BCUT2D eigenvalue weighted by Crippen LogP contribution is 2.33. The van der Waals surface area contributed by atoms with E-state index in [0.717, 1.165) is 43.0 Å². The molecule has 5 rings (SSSR count). The van der Waals surface area contributed by atoms with Crippen LogP contribution in [0.4, 0.5) is 11.4 Å². The minimum Gasteiger partial charge on any atom is -0.482 e. The summed E-state index contributed by atoms with van der Waals surface area (Å²) in [6.45, 7) is 1.10. The lowest BCUT2D eigenvalue weighted by atomic mass is 10.1. The van der Waals surface area contributed by atoms with Gasteiger partial charge in [0.1, 0.15) is 11.6 Å². The molecule has 3 heterocycles.